The number of carboxylic acid groups (broad SMARTS) is 1. The van der Waals surface area contributed by atoms with Crippen LogP contribution in [0.25, 0.3) is 0 Å². The maximum absolute atomic E-state index is 11.9. The van der Waals surface area contributed by atoms with E-state index in [9.17, 15) is 9.59 Å². The first-order valence-corrected chi connectivity index (χ1v) is 6.98. The molecule has 0 spiro atoms. The van der Waals surface area contributed by atoms with Gasteiger partial charge in [0.05, 0.1) is 19.1 Å². The minimum atomic E-state index is -0.826. The van der Waals surface area contributed by atoms with Crippen LogP contribution in [0.4, 0.5) is 5.69 Å². The largest absolute Gasteiger partial charge is 0.494 e. The van der Waals surface area contributed by atoms with E-state index < -0.39 is 5.97 Å². The number of rotatable bonds is 7. The Morgan fingerprint density at radius 1 is 1.33 bits per heavy atom. The summed E-state index contributed by atoms with van der Waals surface area (Å²) in [6, 6.07) is 7.03. The molecule has 1 saturated heterocycles. The highest BCUT2D eigenvalue weighted by atomic mass is 16.5. The van der Waals surface area contributed by atoms with Gasteiger partial charge in [-0.1, -0.05) is 0 Å². The van der Waals surface area contributed by atoms with E-state index in [0.29, 0.717) is 37.7 Å². The monoisotopic (exact) mass is 293 g/mol. The lowest BCUT2D eigenvalue weighted by molar-refractivity contribution is -0.137. The Labute approximate surface area is 123 Å². The van der Waals surface area contributed by atoms with Gasteiger partial charge in [0.1, 0.15) is 5.75 Å². The first-order valence-electron chi connectivity index (χ1n) is 6.98. The Bertz CT molecular complexity index is 479. The van der Waals surface area contributed by atoms with Crippen LogP contribution in [0, 0.1) is 5.92 Å². The topological polar surface area (TPSA) is 84.9 Å². The molecule has 1 fully saturated rings. The number of carbonyl (C=O) groups excluding carboxylic acids is 1. The van der Waals surface area contributed by atoms with Crippen molar-refractivity contribution in [1.29, 1.82) is 0 Å². The molecule has 6 heteroatoms. The van der Waals surface area contributed by atoms with Gasteiger partial charge in [-0.2, -0.15) is 0 Å². The molecule has 0 aliphatic carbocycles. The van der Waals surface area contributed by atoms with Crippen molar-refractivity contribution < 1.29 is 24.2 Å². The number of anilines is 1. The molecule has 0 radical (unpaired) electrons. The Morgan fingerprint density at radius 3 is 2.71 bits per heavy atom. The third-order valence-electron chi connectivity index (χ3n) is 3.23. The van der Waals surface area contributed by atoms with Crippen molar-refractivity contribution in [3.63, 3.8) is 0 Å². The van der Waals surface area contributed by atoms with E-state index >= 15 is 0 Å². The van der Waals surface area contributed by atoms with Gasteiger partial charge in [-0.25, -0.2) is 0 Å². The third kappa shape index (κ3) is 5.07. The van der Waals surface area contributed by atoms with Crippen molar-refractivity contribution in [3.05, 3.63) is 24.3 Å². The van der Waals surface area contributed by atoms with Crippen LogP contribution in [0.1, 0.15) is 19.3 Å². The summed E-state index contributed by atoms with van der Waals surface area (Å²) >= 11 is 0. The molecule has 1 aromatic carbocycles. The SMILES string of the molecule is O=C(O)CCCOc1ccc(NC(=O)C2CCOC2)cc1. The summed E-state index contributed by atoms with van der Waals surface area (Å²) in [7, 11) is 0. The molecular formula is C15H19NO5. The van der Waals surface area contributed by atoms with Crippen LogP contribution in [-0.2, 0) is 14.3 Å². The minimum Gasteiger partial charge on any atom is -0.494 e. The van der Waals surface area contributed by atoms with Gasteiger partial charge in [0.25, 0.3) is 0 Å². The molecule has 1 amide bonds. The Balaban J connectivity index is 1.76. The molecular weight excluding hydrogens is 274 g/mol. The molecule has 1 unspecified atom stereocenters. The fraction of sp³-hybridized carbons (Fsp3) is 0.467. The predicted molar refractivity (Wildman–Crippen MR) is 76.4 cm³/mol. The summed E-state index contributed by atoms with van der Waals surface area (Å²) < 4.78 is 10.6. The maximum Gasteiger partial charge on any atom is 0.303 e. The number of carbonyl (C=O) groups is 2. The molecule has 1 aliphatic heterocycles. The first-order chi connectivity index (χ1) is 10.1. The second kappa shape index (κ2) is 7.64. The molecule has 114 valence electrons. The van der Waals surface area contributed by atoms with E-state index in [-0.39, 0.29) is 18.2 Å². The van der Waals surface area contributed by atoms with E-state index in [1.807, 2.05) is 0 Å². The zero-order valence-corrected chi connectivity index (χ0v) is 11.7. The third-order valence-corrected chi connectivity index (χ3v) is 3.23. The second-order valence-corrected chi connectivity index (χ2v) is 4.92. The highest BCUT2D eigenvalue weighted by molar-refractivity contribution is 5.92. The van der Waals surface area contributed by atoms with Crippen LogP contribution in [0.3, 0.4) is 0 Å². The van der Waals surface area contributed by atoms with Gasteiger partial charge < -0.3 is 19.9 Å². The van der Waals surface area contributed by atoms with Crippen LogP contribution in [0.2, 0.25) is 0 Å². The Hall–Kier alpha value is -2.08. The second-order valence-electron chi connectivity index (χ2n) is 4.92. The number of ether oxygens (including phenoxy) is 2. The predicted octanol–water partition coefficient (Wildman–Crippen LogP) is 1.91. The molecule has 1 heterocycles. The van der Waals surface area contributed by atoms with Gasteiger partial charge in [0.2, 0.25) is 5.91 Å². The standard InChI is InChI=1S/C15H19NO5/c17-14(18)2-1-8-21-13-5-3-12(4-6-13)16-15(19)11-7-9-20-10-11/h3-6,11H,1-2,7-10H2,(H,16,19)(H,17,18). The number of nitrogens with one attached hydrogen (secondary N) is 1. The summed E-state index contributed by atoms with van der Waals surface area (Å²) in [6.07, 6.45) is 1.32. The first kappa shape index (κ1) is 15.3. The fourth-order valence-corrected chi connectivity index (χ4v) is 2.03. The van der Waals surface area contributed by atoms with E-state index in [1.54, 1.807) is 24.3 Å². The molecule has 0 saturated carbocycles. The number of amides is 1. The average Bonchev–Trinajstić information content (AvgIpc) is 2.99. The van der Waals surface area contributed by atoms with Gasteiger partial charge in [-0.3, -0.25) is 9.59 Å². The summed E-state index contributed by atoms with van der Waals surface area (Å²) in [5, 5.41) is 11.4. The van der Waals surface area contributed by atoms with E-state index in [0.717, 1.165) is 6.42 Å². The lowest BCUT2D eigenvalue weighted by Gasteiger charge is -2.10. The van der Waals surface area contributed by atoms with Crippen LogP contribution in [0.15, 0.2) is 24.3 Å². The summed E-state index contributed by atoms with van der Waals surface area (Å²) in [4.78, 5) is 22.3. The van der Waals surface area contributed by atoms with Crippen LogP contribution < -0.4 is 10.1 Å². The van der Waals surface area contributed by atoms with Crippen molar-refractivity contribution in [2.75, 3.05) is 25.1 Å². The molecule has 0 bridgehead atoms. The fourth-order valence-electron chi connectivity index (χ4n) is 2.03. The molecule has 2 rings (SSSR count). The lowest BCUT2D eigenvalue weighted by atomic mass is 10.1. The molecule has 6 nitrogen and oxygen atoms in total. The van der Waals surface area contributed by atoms with Crippen LogP contribution in [-0.4, -0.2) is 36.8 Å². The zero-order chi connectivity index (χ0) is 15.1. The quantitative estimate of drug-likeness (QED) is 0.750. The number of benzene rings is 1. The van der Waals surface area contributed by atoms with Crippen molar-refractivity contribution in [2.24, 2.45) is 5.92 Å². The van der Waals surface area contributed by atoms with Crippen LogP contribution >= 0.6 is 0 Å². The van der Waals surface area contributed by atoms with Gasteiger partial charge >= 0.3 is 5.97 Å². The molecule has 1 aliphatic rings. The minimum absolute atomic E-state index is 0.0253. The van der Waals surface area contributed by atoms with Crippen LogP contribution in [0.5, 0.6) is 5.75 Å². The lowest BCUT2D eigenvalue weighted by Crippen LogP contribution is -2.22. The Morgan fingerprint density at radius 2 is 2.10 bits per heavy atom. The van der Waals surface area contributed by atoms with Crippen molar-refractivity contribution in [3.8, 4) is 5.75 Å². The molecule has 2 N–H and O–H groups in total. The number of carboxylic acids is 1. The normalized spacial score (nSPS) is 17.4. The van der Waals surface area contributed by atoms with Gasteiger partial charge in [-0.05, 0) is 37.1 Å². The zero-order valence-electron chi connectivity index (χ0n) is 11.7. The molecule has 0 aromatic heterocycles. The maximum atomic E-state index is 11.9. The molecule has 1 atom stereocenters. The van der Waals surface area contributed by atoms with Gasteiger partial charge in [0, 0.05) is 18.7 Å². The smallest absolute Gasteiger partial charge is 0.303 e. The summed E-state index contributed by atoms with van der Waals surface area (Å²) in [5.74, 6) is -0.269. The number of aliphatic carboxylic acids is 1. The van der Waals surface area contributed by atoms with E-state index in [1.165, 1.54) is 0 Å². The average molecular weight is 293 g/mol. The molecule has 1 aromatic rings. The van der Waals surface area contributed by atoms with Crippen molar-refractivity contribution in [2.45, 2.75) is 19.3 Å². The van der Waals surface area contributed by atoms with Gasteiger partial charge in [-0.15, -0.1) is 0 Å². The van der Waals surface area contributed by atoms with E-state index in [4.69, 9.17) is 14.6 Å². The highest BCUT2D eigenvalue weighted by Gasteiger charge is 2.23. The molecule has 21 heavy (non-hydrogen) atoms. The number of hydrogen-bond acceptors (Lipinski definition) is 4. The summed E-state index contributed by atoms with van der Waals surface area (Å²) in [5.41, 5.74) is 0.713. The van der Waals surface area contributed by atoms with E-state index in [2.05, 4.69) is 5.32 Å². The van der Waals surface area contributed by atoms with Crippen molar-refractivity contribution in [1.82, 2.24) is 0 Å². The highest BCUT2D eigenvalue weighted by Crippen LogP contribution is 2.19. The Kier molecular flexibility index (Phi) is 5.57. The summed E-state index contributed by atoms with van der Waals surface area (Å²) in [6.45, 7) is 1.48. The van der Waals surface area contributed by atoms with Gasteiger partial charge in [0.15, 0.2) is 0 Å². The number of hydrogen-bond donors (Lipinski definition) is 2. The van der Waals surface area contributed by atoms with Crippen molar-refractivity contribution >= 4 is 17.6 Å².